The van der Waals surface area contributed by atoms with Gasteiger partial charge in [-0.15, -0.1) is 6.58 Å². The first kappa shape index (κ1) is 23.2. The first-order valence-corrected chi connectivity index (χ1v) is 10.5. The zero-order valence-corrected chi connectivity index (χ0v) is 16.5. The van der Waals surface area contributed by atoms with Crippen molar-refractivity contribution in [2.75, 3.05) is 6.61 Å². The number of esters is 1. The lowest BCUT2D eigenvalue weighted by molar-refractivity contribution is -0.148. The lowest BCUT2D eigenvalue weighted by atomic mass is 10.0. The van der Waals surface area contributed by atoms with Crippen molar-refractivity contribution in [1.29, 1.82) is 0 Å². The van der Waals surface area contributed by atoms with Crippen LogP contribution in [0.4, 0.5) is 0 Å². The number of hydrogen-bond donors (Lipinski definition) is 0. The van der Waals surface area contributed by atoms with E-state index in [9.17, 15) is 4.79 Å². The molecule has 0 N–H and O–H groups in total. The molecule has 1 unspecified atom stereocenters. The SMILES string of the molecule is C=CCCCCCCCC(C)C(=O)OCCCCCCCCCC. The Hall–Kier alpha value is -0.790. The summed E-state index contributed by atoms with van der Waals surface area (Å²) in [5.41, 5.74) is 0. The summed E-state index contributed by atoms with van der Waals surface area (Å²) >= 11 is 0. The third-order valence-electron chi connectivity index (χ3n) is 4.69. The number of hydrogen-bond acceptors (Lipinski definition) is 2. The molecule has 0 rings (SSSR count). The van der Waals surface area contributed by atoms with E-state index in [0.717, 1.165) is 25.7 Å². The van der Waals surface area contributed by atoms with Gasteiger partial charge in [-0.1, -0.05) is 90.6 Å². The molecule has 0 aliphatic carbocycles. The summed E-state index contributed by atoms with van der Waals surface area (Å²) in [4.78, 5) is 11.9. The van der Waals surface area contributed by atoms with Gasteiger partial charge in [0.05, 0.1) is 12.5 Å². The second-order valence-electron chi connectivity index (χ2n) is 7.18. The lowest BCUT2D eigenvalue weighted by Gasteiger charge is -2.11. The van der Waals surface area contributed by atoms with Crippen molar-refractivity contribution in [3.05, 3.63) is 12.7 Å². The molecule has 0 amide bonds. The quantitative estimate of drug-likeness (QED) is 0.150. The van der Waals surface area contributed by atoms with Crippen LogP contribution in [0.25, 0.3) is 0 Å². The molecule has 2 heteroatoms. The highest BCUT2D eigenvalue weighted by atomic mass is 16.5. The zero-order valence-electron chi connectivity index (χ0n) is 16.5. The Bertz CT molecular complexity index is 286. The summed E-state index contributed by atoms with van der Waals surface area (Å²) in [6.07, 6.45) is 20.5. The smallest absolute Gasteiger partial charge is 0.308 e. The summed E-state index contributed by atoms with van der Waals surface area (Å²) < 4.78 is 5.41. The van der Waals surface area contributed by atoms with Crippen LogP contribution in [0.2, 0.25) is 0 Å². The van der Waals surface area contributed by atoms with Gasteiger partial charge in [-0.3, -0.25) is 4.79 Å². The maximum absolute atomic E-state index is 11.9. The van der Waals surface area contributed by atoms with E-state index in [4.69, 9.17) is 4.74 Å². The predicted octanol–water partition coefficient (Wildman–Crippen LogP) is 7.22. The molecule has 0 fully saturated rings. The topological polar surface area (TPSA) is 26.3 Å². The Morgan fingerprint density at radius 3 is 2.04 bits per heavy atom. The highest BCUT2D eigenvalue weighted by Crippen LogP contribution is 2.14. The summed E-state index contributed by atoms with van der Waals surface area (Å²) in [5, 5.41) is 0. The summed E-state index contributed by atoms with van der Waals surface area (Å²) in [6, 6.07) is 0. The molecule has 0 bridgehead atoms. The van der Waals surface area contributed by atoms with Crippen molar-refractivity contribution >= 4 is 5.97 Å². The molecule has 0 saturated carbocycles. The van der Waals surface area contributed by atoms with Gasteiger partial charge in [0.25, 0.3) is 0 Å². The monoisotopic (exact) mass is 338 g/mol. The molecule has 0 spiro atoms. The van der Waals surface area contributed by atoms with Gasteiger partial charge in [0, 0.05) is 0 Å². The molecule has 142 valence electrons. The molecule has 0 radical (unpaired) electrons. The van der Waals surface area contributed by atoms with Gasteiger partial charge in [-0.05, 0) is 25.7 Å². The zero-order chi connectivity index (χ0) is 17.9. The number of rotatable bonds is 18. The molecular formula is C22H42O2. The summed E-state index contributed by atoms with van der Waals surface area (Å²) in [5.74, 6) is 0.0665. The average molecular weight is 339 g/mol. The number of allylic oxidation sites excluding steroid dienone is 1. The van der Waals surface area contributed by atoms with Crippen molar-refractivity contribution in [2.24, 2.45) is 5.92 Å². The fraction of sp³-hybridized carbons (Fsp3) is 0.864. The van der Waals surface area contributed by atoms with Gasteiger partial charge in [0.2, 0.25) is 0 Å². The Morgan fingerprint density at radius 1 is 0.875 bits per heavy atom. The van der Waals surface area contributed by atoms with E-state index < -0.39 is 0 Å². The van der Waals surface area contributed by atoms with Crippen LogP contribution in [0.5, 0.6) is 0 Å². The minimum Gasteiger partial charge on any atom is -0.465 e. The first-order valence-electron chi connectivity index (χ1n) is 10.5. The van der Waals surface area contributed by atoms with Gasteiger partial charge in [-0.25, -0.2) is 0 Å². The molecule has 0 aromatic rings. The fourth-order valence-electron chi connectivity index (χ4n) is 2.94. The first-order chi connectivity index (χ1) is 11.7. The molecule has 0 aliphatic heterocycles. The van der Waals surface area contributed by atoms with Crippen molar-refractivity contribution in [3.8, 4) is 0 Å². The van der Waals surface area contributed by atoms with E-state index >= 15 is 0 Å². The van der Waals surface area contributed by atoms with Crippen LogP contribution < -0.4 is 0 Å². The van der Waals surface area contributed by atoms with Crippen LogP contribution in [0, 0.1) is 5.92 Å². The van der Waals surface area contributed by atoms with E-state index in [0.29, 0.717) is 6.61 Å². The Balaban J connectivity index is 3.35. The molecule has 0 aromatic heterocycles. The van der Waals surface area contributed by atoms with Crippen LogP contribution in [-0.4, -0.2) is 12.6 Å². The third kappa shape index (κ3) is 16.1. The number of ether oxygens (including phenoxy) is 1. The summed E-state index contributed by atoms with van der Waals surface area (Å²) in [6.45, 7) is 8.61. The minimum absolute atomic E-state index is 0.00426. The Labute approximate surface area is 151 Å². The average Bonchev–Trinajstić information content (AvgIpc) is 2.59. The van der Waals surface area contributed by atoms with E-state index in [1.54, 1.807) is 0 Å². The number of carbonyl (C=O) groups is 1. The molecule has 1 atom stereocenters. The fourth-order valence-corrected chi connectivity index (χ4v) is 2.94. The standard InChI is InChI=1S/C22H42O2/c1-4-6-8-10-12-14-16-18-20-24-22(23)21(3)19-17-15-13-11-9-7-5-2/h5,21H,2,4,6-20H2,1,3H3. The molecule has 2 nitrogen and oxygen atoms in total. The van der Waals surface area contributed by atoms with Gasteiger partial charge in [-0.2, -0.15) is 0 Å². The number of unbranched alkanes of at least 4 members (excludes halogenated alkanes) is 12. The van der Waals surface area contributed by atoms with Crippen molar-refractivity contribution in [3.63, 3.8) is 0 Å². The third-order valence-corrected chi connectivity index (χ3v) is 4.69. The van der Waals surface area contributed by atoms with E-state index in [1.165, 1.54) is 70.6 Å². The van der Waals surface area contributed by atoms with Gasteiger partial charge < -0.3 is 4.74 Å². The Kier molecular flexibility index (Phi) is 17.9. The summed E-state index contributed by atoms with van der Waals surface area (Å²) in [7, 11) is 0. The predicted molar refractivity (Wildman–Crippen MR) is 105 cm³/mol. The van der Waals surface area contributed by atoms with Crippen LogP contribution in [0.15, 0.2) is 12.7 Å². The van der Waals surface area contributed by atoms with Gasteiger partial charge in [0.15, 0.2) is 0 Å². The number of carbonyl (C=O) groups excluding carboxylic acids is 1. The molecule has 24 heavy (non-hydrogen) atoms. The second-order valence-corrected chi connectivity index (χ2v) is 7.18. The molecule has 0 heterocycles. The van der Waals surface area contributed by atoms with Crippen LogP contribution in [0.1, 0.15) is 110 Å². The normalized spacial score (nSPS) is 12.1. The lowest BCUT2D eigenvalue weighted by Crippen LogP contribution is -2.15. The van der Waals surface area contributed by atoms with Crippen LogP contribution >= 0.6 is 0 Å². The minimum atomic E-state index is 0.00426. The van der Waals surface area contributed by atoms with Crippen molar-refractivity contribution in [2.45, 2.75) is 110 Å². The maximum Gasteiger partial charge on any atom is 0.308 e. The van der Waals surface area contributed by atoms with Crippen molar-refractivity contribution < 1.29 is 9.53 Å². The maximum atomic E-state index is 11.9. The van der Waals surface area contributed by atoms with Crippen LogP contribution in [-0.2, 0) is 9.53 Å². The molecule has 0 aliphatic rings. The van der Waals surface area contributed by atoms with Crippen LogP contribution in [0.3, 0.4) is 0 Å². The van der Waals surface area contributed by atoms with E-state index in [1.807, 2.05) is 13.0 Å². The Morgan fingerprint density at radius 2 is 1.42 bits per heavy atom. The molecule has 0 saturated heterocycles. The molecule has 0 aromatic carbocycles. The highest BCUT2D eigenvalue weighted by Gasteiger charge is 2.13. The van der Waals surface area contributed by atoms with Crippen molar-refractivity contribution in [1.82, 2.24) is 0 Å². The van der Waals surface area contributed by atoms with E-state index in [-0.39, 0.29) is 11.9 Å². The van der Waals surface area contributed by atoms with Gasteiger partial charge in [0.1, 0.15) is 0 Å². The second kappa shape index (κ2) is 18.5. The largest absolute Gasteiger partial charge is 0.465 e. The van der Waals surface area contributed by atoms with E-state index in [2.05, 4.69) is 13.5 Å². The molecular weight excluding hydrogens is 296 g/mol. The highest BCUT2D eigenvalue weighted by molar-refractivity contribution is 5.71. The van der Waals surface area contributed by atoms with Gasteiger partial charge >= 0.3 is 5.97 Å².